The summed E-state index contributed by atoms with van der Waals surface area (Å²) in [6.45, 7) is 3.93. The van der Waals surface area contributed by atoms with E-state index in [0.717, 1.165) is 5.56 Å². The first kappa shape index (κ1) is 21.1. The smallest absolute Gasteiger partial charge is 0.193 e. The highest BCUT2D eigenvalue weighted by atomic mass is 19.1. The van der Waals surface area contributed by atoms with Gasteiger partial charge in [-0.3, -0.25) is 0 Å². The van der Waals surface area contributed by atoms with E-state index in [1.54, 1.807) is 38.1 Å². The molecular formula is C24H25FN2O5. The second kappa shape index (κ2) is 7.97. The van der Waals surface area contributed by atoms with Crippen LogP contribution in [0.25, 0.3) is 28.4 Å². The summed E-state index contributed by atoms with van der Waals surface area (Å²) in [5.74, 6) is -0.00686. The zero-order valence-corrected chi connectivity index (χ0v) is 17.8. The van der Waals surface area contributed by atoms with Crippen LogP contribution in [-0.4, -0.2) is 63.4 Å². The van der Waals surface area contributed by atoms with Crippen LogP contribution in [0.15, 0.2) is 42.5 Å². The lowest BCUT2D eigenvalue weighted by molar-refractivity contribution is 0.00794. The van der Waals surface area contributed by atoms with Crippen LogP contribution in [0.1, 0.15) is 19.4 Å². The molecule has 0 saturated carbocycles. The summed E-state index contributed by atoms with van der Waals surface area (Å²) < 4.78 is 31.9. The van der Waals surface area contributed by atoms with Gasteiger partial charge < -0.3 is 29.4 Å². The van der Waals surface area contributed by atoms with Crippen LogP contribution in [0.2, 0.25) is 0 Å². The molecule has 2 saturated heterocycles. The summed E-state index contributed by atoms with van der Waals surface area (Å²) in [5.41, 5.74) is 1.98. The second-order valence-corrected chi connectivity index (χ2v) is 8.81. The van der Waals surface area contributed by atoms with E-state index in [2.05, 4.69) is 9.97 Å². The number of nitrogens with one attached hydrogen (secondary N) is 1. The number of rotatable bonds is 5. The fourth-order valence-electron chi connectivity index (χ4n) is 4.03. The Hall–Kier alpha value is -2.78. The van der Waals surface area contributed by atoms with Gasteiger partial charge in [-0.1, -0.05) is 36.4 Å². The largest absolute Gasteiger partial charge is 0.470 e. The lowest BCUT2D eigenvalue weighted by Crippen LogP contribution is -2.34. The Kier molecular flexibility index (Phi) is 5.25. The second-order valence-electron chi connectivity index (χ2n) is 8.81. The monoisotopic (exact) mass is 440 g/mol. The predicted molar refractivity (Wildman–Crippen MR) is 117 cm³/mol. The van der Waals surface area contributed by atoms with E-state index < -0.39 is 17.5 Å². The van der Waals surface area contributed by atoms with E-state index in [1.165, 1.54) is 6.07 Å². The van der Waals surface area contributed by atoms with Crippen molar-refractivity contribution in [2.24, 2.45) is 0 Å². The molecule has 2 aliphatic rings. The average molecular weight is 440 g/mol. The number of aliphatic hydroxyl groups is 2. The van der Waals surface area contributed by atoms with Crippen LogP contribution in [-0.2, 0) is 9.47 Å². The lowest BCUT2D eigenvalue weighted by atomic mass is 10.0. The number of aromatic nitrogens is 2. The normalized spacial score (nSPS) is 25.7. The van der Waals surface area contributed by atoms with Crippen molar-refractivity contribution in [3.05, 3.63) is 53.9 Å². The van der Waals surface area contributed by atoms with Crippen LogP contribution >= 0.6 is 0 Å². The number of aromatic amines is 1. The molecule has 0 radical (unpaired) electrons. The Balaban J connectivity index is 1.36. The van der Waals surface area contributed by atoms with E-state index in [4.69, 9.17) is 14.2 Å². The average Bonchev–Trinajstić information content (AvgIpc) is 3.43. The topological polar surface area (TPSA) is 96.8 Å². The van der Waals surface area contributed by atoms with Crippen molar-refractivity contribution in [2.45, 2.75) is 43.9 Å². The quantitative estimate of drug-likeness (QED) is 0.564. The highest BCUT2D eigenvalue weighted by molar-refractivity contribution is 5.81. The standard InChI is InChI=1S/C24H25FN2O5/c1-24(2,29)8-7-13-3-5-14(6-4-13)21-15(25)9-16-17(27-21)10-20(26-16)32-19-12-31-22-18(28)11-30-23(19)22/h3-10,18-19,22-23,26,28-29H,11-12H2,1-2H3/b8-7+/t18-,19-,22-,23-/m1/s1. The molecule has 3 N–H and O–H groups in total. The van der Waals surface area contributed by atoms with Crippen molar-refractivity contribution in [1.29, 1.82) is 0 Å². The first-order valence-electron chi connectivity index (χ1n) is 10.6. The number of hydrogen-bond donors (Lipinski definition) is 3. The minimum atomic E-state index is -0.902. The van der Waals surface area contributed by atoms with E-state index in [9.17, 15) is 14.6 Å². The highest BCUT2D eigenvalue weighted by Gasteiger charge is 2.48. The molecule has 7 nitrogen and oxygen atoms in total. The van der Waals surface area contributed by atoms with Gasteiger partial charge in [-0.15, -0.1) is 0 Å². The van der Waals surface area contributed by atoms with Gasteiger partial charge in [0.15, 0.2) is 17.8 Å². The Morgan fingerprint density at radius 1 is 1.16 bits per heavy atom. The van der Waals surface area contributed by atoms with Gasteiger partial charge in [-0.2, -0.15) is 0 Å². The Morgan fingerprint density at radius 3 is 2.66 bits per heavy atom. The first-order chi connectivity index (χ1) is 15.3. The van der Waals surface area contributed by atoms with E-state index >= 15 is 0 Å². The summed E-state index contributed by atoms with van der Waals surface area (Å²) >= 11 is 0. The van der Waals surface area contributed by atoms with Crippen LogP contribution in [0.3, 0.4) is 0 Å². The fraction of sp³-hybridized carbons (Fsp3) is 0.375. The molecule has 1 aromatic carbocycles. The third-order valence-electron chi connectivity index (χ3n) is 5.66. The van der Waals surface area contributed by atoms with Crippen molar-refractivity contribution >= 4 is 17.1 Å². The molecule has 4 atom stereocenters. The highest BCUT2D eigenvalue weighted by Crippen LogP contribution is 2.32. The van der Waals surface area contributed by atoms with Crippen LogP contribution in [0.4, 0.5) is 4.39 Å². The van der Waals surface area contributed by atoms with E-state index in [1.807, 2.05) is 18.2 Å². The Morgan fingerprint density at radius 2 is 1.91 bits per heavy atom. The molecule has 32 heavy (non-hydrogen) atoms. The van der Waals surface area contributed by atoms with Crippen molar-refractivity contribution in [2.75, 3.05) is 13.2 Å². The molecular weight excluding hydrogens is 415 g/mol. The minimum Gasteiger partial charge on any atom is -0.470 e. The first-order valence-corrected chi connectivity index (χ1v) is 10.6. The molecule has 4 heterocycles. The molecule has 2 aromatic heterocycles. The predicted octanol–water partition coefficient (Wildman–Crippen LogP) is 3.06. The molecule has 3 aromatic rings. The van der Waals surface area contributed by atoms with Gasteiger partial charge in [0, 0.05) is 17.7 Å². The summed E-state index contributed by atoms with van der Waals surface area (Å²) in [6, 6.07) is 10.4. The lowest BCUT2D eigenvalue weighted by Gasteiger charge is -2.16. The van der Waals surface area contributed by atoms with Gasteiger partial charge in [-0.05, 0) is 19.4 Å². The molecule has 2 fully saturated rings. The Bertz CT molecular complexity index is 1150. The summed E-state index contributed by atoms with van der Waals surface area (Å²) in [7, 11) is 0. The number of hydrogen-bond acceptors (Lipinski definition) is 6. The van der Waals surface area contributed by atoms with Gasteiger partial charge in [0.25, 0.3) is 0 Å². The number of H-pyrrole nitrogens is 1. The number of benzene rings is 1. The molecule has 168 valence electrons. The van der Waals surface area contributed by atoms with Gasteiger partial charge in [0.05, 0.1) is 29.8 Å². The third-order valence-corrected chi connectivity index (χ3v) is 5.66. The maximum absolute atomic E-state index is 14.8. The van der Waals surface area contributed by atoms with Crippen LogP contribution in [0.5, 0.6) is 5.88 Å². The molecule has 8 heteroatoms. The zero-order chi connectivity index (χ0) is 22.5. The molecule has 0 bridgehead atoms. The maximum atomic E-state index is 14.8. The molecule has 0 spiro atoms. The number of halogens is 1. The number of nitrogens with zero attached hydrogens (tertiary/aromatic N) is 1. The molecule has 5 rings (SSSR count). The van der Waals surface area contributed by atoms with E-state index in [-0.39, 0.29) is 30.6 Å². The number of fused-ring (bicyclic) bond motifs is 2. The third kappa shape index (κ3) is 4.14. The number of pyridine rings is 1. The van der Waals surface area contributed by atoms with Crippen molar-refractivity contribution in [1.82, 2.24) is 9.97 Å². The number of aliphatic hydroxyl groups excluding tert-OH is 1. The molecule has 0 aliphatic carbocycles. The fourth-order valence-corrected chi connectivity index (χ4v) is 4.03. The van der Waals surface area contributed by atoms with Crippen molar-refractivity contribution < 1.29 is 28.8 Å². The van der Waals surface area contributed by atoms with Crippen LogP contribution in [0, 0.1) is 5.82 Å². The molecule has 0 amide bonds. The van der Waals surface area contributed by atoms with Crippen molar-refractivity contribution in [3.63, 3.8) is 0 Å². The van der Waals surface area contributed by atoms with Gasteiger partial charge in [-0.25, -0.2) is 9.37 Å². The maximum Gasteiger partial charge on any atom is 0.193 e. The van der Waals surface area contributed by atoms with Gasteiger partial charge in [0.2, 0.25) is 0 Å². The van der Waals surface area contributed by atoms with Crippen LogP contribution < -0.4 is 4.74 Å². The summed E-state index contributed by atoms with van der Waals surface area (Å²) in [6.07, 6.45) is 1.79. The van der Waals surface area contributed by atoms with Gasteiger partial charge >= 0.3 is 0 Å². The Labute approximate surface area is 184 Å². The zero-order valence-electron chi connectivity index (χ0n) is 17.8. The van der Waals surface area contributed by atoms with E-state index in [0.29, 0.717) is 29.1 Å². The molecule has 0 unspecified atom stereocenters. The van der Waals surface area contributed by atoms with Crippen molar-refractivity contribution in [3.8, 4) is 17.1 Å². The summed E-state index contributed by atoms with van der Waals surface area (Å²) in [4.78, 5) is 7.53. The number of ether oxygens (including phenoxy) is 3. The molecule has 2 aliphatic heterocycles. The minimum absolute atomic E-state index is 0.227. The summed E-state index contributed by atoms with van der Waals surface area (Å²) in [5, 5.41) is 19.7. The SMILES string of the molecule is CC(C)(O)/C=C/c1ccc(-c2nc3cc(O[C@@H]4CO[C@H]5[C@@H]4OC[C@H]5O)[nH]c3cc2F)cc1. The van der Waals surface area contributed by atoms with Gasteiger partial charge in [0.1, 0.15) is 24.0 Å².